The van der Waals surface area contributed by atoms with Crippen molar-refractivity contribution in [3.63, 3.8) is 0 Å². The van der Waals surface area contributed by atoms with Gasteiger partial charge in [0.2, 0.25) is 15.9 Å². The molecule has 162 valence electrons. The first-order chi connectivity index (χ1) is 14.5. The number of amides is 1. The highest BCUT2D eigenvalue weighted by atomic mass is 32.2. The van der Waals surface area contributed by atoms with Gasteiger partial charge in [-0.05, 0) is 74.1 Å². The topological polar surface area (TPSA) is 78.5 Å². The molecule has 0 aromatic heterocycles. The molecule has 1 aliphatic rings. The molecular weight excluding hydrogens is 398 g/mol. The van der Waals surface area contributed by atoms with Crippen LogP contribution in [-0.2, 0) is 21.2 Å². The molecule has 7 heteroatoms. The lowest BCUT2D eigenvalue weighted by Crippen LogP contribution is -2.29. The summed E-state index contributed by atoms with van der Waals surface area (Å²) in [5, 5.41) is 2.76. The summed E-state index contributed by atoms with van der Waals surface area (Å²) in [6.45, 7) is 4.49. The summed E-state index contributed by atoms with van der Waals surface area (Å²) in [4.78, 5) is 14.2. The molecule has 1 heterocycles. The summed E-state index contributed by atoms with van der Waals surface area (Å²) >= 11 is 0. The molecule has 0 unspecified atom stereocenters. The van der Waals surface area contributed by atoms with Crippen LogP contribution >= 0.6 is 0 Å². The Morgan fingerprint density at radius 3 is 2.27 bits per heavy atom. The van der Waals surface area contributed by atoms with E-state index in [4.69, 9.17) is 0 Å². The fourth-order valence-corrected chi connectivity index (χ4v) is 4.64. The molecule has 3 rings (SSSR count). The average molecular weight is 430 g/mol. The first kappa shape index (κ1) is 22.3. The first-order valence-electron chi connectivity index (χ1n) is 10.7. The Morgan fingerprint density at radius 1 is 0.967 bits per heavy atom. The van der Waals surface area contributed by atoms with Crippen LogP contribution in [0.25, 0.3) is 0 Å². The van der Waals surface area contributed by atoms with E-state index >= 15 is 0 Å². The van der Waals surface area contributed by atoms with Crippen LogP contribution in [0, 0.1) is 0 Å². The minimum absolute atomic E-state index is 0.0717. The van der Waals surface area contributed by atoms with Crippen LogP contribution in [0.1, 0.15) is 44.6 Å². The van der Waals surface area contributed by atoms with Gasteiger partial charge in [-0.1, -0.05) is 19.1 Å². The number of benzene rings is 2. The second-order valence-electron chi connectivity index (χ2n) is 7.68. The summed E-state index contributed by atoms with van der Waals surface area (Å²) < 4.78 is 27.7. The van der Waals surface area contributed by atoms with Crippen LogP contribution in [0.5, 0.6) is 0 Å². The monoisotopic (exact) mass is 429 g/mol. The Balaban J connectivity index is 1.50. The van der Waals surface area contributed by atoms with Gasteiger partial charge >= 0.3 is 0 Å². The predicted octanol–water partition coefficient (Wildman–Crippen LogP) is 3.94. The molecule has 2 aromatic carbocycles. The third-order valence-electron chi connectivity index (χ3n) is 5.29. The van der Waals surface area contributed by atoms with Crippen LogP contribution in [-0.4, -0.2) is 34.0 Å². The Hall–Kier alpha value is -2.38. The zero-order chi connectivity index (χ0) is 21.4. The quantitative estimate of drug-likeness (QED) is 0.633. The van der Waals surface area contributed by atoms with Gasteiger partial charge in [-0.25, -0.2) is 13.1 Å². The van der Waals surface area contributed by atoms with Gasteiger partial charge < -0.3 is 10.2 Å². The smallest absolute Gasteiger partial charge is 0.240 e. The van der Waals surface area contributed by atoms with Crippen LogP contribution in [0.4, 0.5) is 11.4 Å². The number of rotatable bonds is 9. The fourth-order valence-electron chi connectivity index (χ4n) is 3.61. The van der Waals surface area contributed by atoms with Crippen molar-refractivity contribution in [2.75, 3.05) is 29.9 Å². The summed E-state index contributed by atoms with van der Waals surface area (Å²) in [7, 11) is -3.58. The van der Waals surface area contributed by atoms with E-state index in [0.29, 0.717) is 25.1 Å². The molecule has 1 saturated heterocycles. The van der Waals surface area contributed by atoms with E-state index in [1.807, 2.05) is 6.92 Å². The zero-order valence-electron chi connectivity index (χ0n) is 17.6. The minimum atomic E-state index is -3.58. The molecule has 0 atom stereocenters. The van der Waals surface area contributed by atoms with Gasteiger partial charge in [0.1, 0.15) is 0 Å². The number of carbonyl (C=O) groups excluding carboxylic acids is 1. The maximum atomic E-state index is 12.5. The van der Waals surface area contributed by atoms with E-state index in [1.165, 1.54) is 37.1 Å². The molecular formula is C23H31N3O3S. The van der Waals surface area contributed by atoms with Crippen molar-refractivity contribution < 1.29 is 13.2 Å². The summed E-state index contributed by atoms with van der Waals surface area (Å²) in [5.41, 5.74) is 2.94. The SMILES string of the molecule is CCCC(=O)Nc1ccc(S(=O)(=O)NCCc2ccc(N3CCCCC3)cc2)cc1. The average Bonchev–Trinajstić information content (AvgIpc) is 2.75. The lowest BCUT2D eigenvalue weighted by molar-refractivity contribution is -0.116. The molecule has 30 heavy (non-hydrogen) atoms. The molecule has 1 fully saturated rings. The van der Waals surface area contributed by atoms with Gasteiger partial charge in [-0.15, -0.1) is 0 Å². The van der Waals surface area contributed by atoms with E-state index in [9.17, 15) is 13.2 Å². The number of carbonyl (C=O) groups is 1. The Labute approximate surface area is 179 Å². The first-order valence-corrected chi connectivity index (χ1v) is 12.2. The molecule has 0 bridgehead atoms. The second-order valence-corrected chi connectivity index (χ2v) is 9.45. The number of nitrogens with zero attached hydrogens (tertiary/aromatic N) is 1. The van der Waals surface area contributed by atoms with Gasteiger partial charge in [0.25, 0.3) is 0 Å². The van der Waals surface area contributed by atoms with Crippen molar-refractivity contribution in [2.24, 2.45) is 0 Å². The van der Waals surface area contributed by atoms with Crippen LogP contribution in [0.3, 0.4) is 0 Å². The van der Waals surface area contributed by atoms with Gasteiger partial charge in [-0.2, -0.15) is 0 Å². The van der Waals surface area contributed by atoms with Gasteiger partial charge in [0.05, 0.1) is 4.90 Å². The van der Waals surface area contributed by atoms with Gasteiger partial charge in [0, 0.05) is 37.4 Å². The maximum Gasteiger partial charge on any atom is 0.240 e. The highest BCUT2D eigenvalue weighted by Crippen LogP contribution is 2.20. The van der Waals surface area contributed by atoms with Crippen molar-refractivity contribution in [2.45, 2.75) is 50.3 Å². The Morgan fingerprint density at radius 2 is 1.63 bits per heavy atom. The van der Waals surface area contributed by atoms with Crippen LogP contribution < -0.4 is 14.9 Å². The number of hydrogen-bond acceptors (Lipinski definition) is 4. The van der Waals surface area contributed by atoms with E-state index in [-0.39, 0.29) is 10.8 Å². The molecule has 0 radical (unpaired) electrons. The van der Waals surface area contributed by atoms with Crippen molar-refractivity contribution in [3.05, 3.63) is 54.1 Å². The van der Waals surface area contributed by atoms with E-state index in [2.05, 4.69) is 39.2 Å². The molecule has 1 amide bonds. The number of nitrogens with one attached hydrogen (secondary N) is 2. The summed E-state index contributed by atoms with van der Waals surface area (Å²) in [6.07, 6.45) is 5.64. The molecule has 0 saturated carbocycles. The predicted molar refractivity (Wildman–Crippen MR) is 121 cm³/mol. The lowest BCUT2D eigenvalue weighted by Gasteiger charge is -2.28. The third-order valence-corrected chi connectivity index (χ3v) is 6.77. The summed E-state index contributed by atoms with van der Waals surface area (Å²) in [6, 6.07) is 14.6. The van der Waals surface area contributed by atoms with Crippen molar-refractivity contribution >= 4 is 27.3 Å². The van der Waals surface area contributed by atoms with Gasteiger partial charge in [0.15, 0.2) is 0 Å². The Bertz CT molecular complexity index is 919. The molecule has 0 spiro atoms. The largest absolute Gasteiger partial charge is 0.372 e. The highest BCUT2D eigenvalue weighted by molar-refractivity contribution is 7.89. The van der Waals surface area contributed by atoms with Crippen LogP contribution in [0.2, 0.25) is 0 Å². The Kier molecular flexibility index (Phi) is 7.87. The third kappa shape index (κ3) is 6.31. The van der Waals surface area contributed by atoms with Crippen molar-refractivity contribution in [3.8, 4) is 0 Å². The lowest BCUT2D eigenvalue weighted by atomic mass is 10.1. The van der Waals surface area contributed by atoms with Crippen molar-refractivity contribution in [1.82, 2.24) is 4.72 Å². The maximum absolute atomic E-state index is 12.5. The number of sulfonamides is 1. The highest BCUT2D eigenvalue weighted by Gasteiger charge is 2.14. The molecule has 0 aliphatic carbocycles. The standard InChI is InChI=1S/C23H31N3O3S/c1-2-6-23(27)25-20-9-13-22(14-10-20)30(28,29)24-16-15-19-7-11-21(12-8-19)26-17-4-3-5-18-26/h7-14,24H,2-6,15-18H2,1H3,(H,25,27). The van der Waals surface area contributed by atoms with E-state index < -0.39 is 10.0 Å². The molecule has 2 aromatic rings. The minimum Gasteiger partial charge on any atom is -0.372 e. The van der Waals surface area contributed by atoms with Crippen LogP contribution in [0.15, 0.2) is 53.4 Å². The number of hydrogen-bond donors (Lipinski definition) is 2. The van der Waals surface area contributed by atoms with E-state index in [0.717, 1.165) is 25.1 Å². The summed E-state index contributed by atoms with van der Waals surface area (Å²) in [5.74, 6) is -0.0717. The van der Waals surface area contributed by atoms with Gasteiger partial charge in [-0.3, -0.25) is 4.79 Å². The molecule has 1 aliphatic heterocycles. The number of piperidine rings is 1. The van der Waals surface area contributed by atoms with Crippen molar-refractivity contribution in [1.29, 1.82) is 0 Å². The number of anilines is 2. The molecule has 2 N–H and O–H groups in total. The second kappa shape index (κ2) is 10.6. The normalized spacial score (nSPS) is 14.5. The zero-order valence-corrected chi connectivity index (χ0v) is 18.4. The fraction of sp³-hybridized carbons (Fsp3) is 0.435. The molecule has 6 nitrogen and oxygen atoms in total. The van der Waals surface area contributed by atoms with E-state index in [1.54, 1.807) is 12.1 Å².